The zero-order chi connectivity index (χ0) is 15.1. The van der Waals surface area contributed by atoms with Crippen molar-refractivity contribution >= 4 is 22.0 Å². The van der Waals surface area contributed by atoms with Crippen molar-refractivity contribution in [2.45, 2.75) is 32.2 Å². The van der Waals surface area contributed by atoms with Crippen LogP contribution in [0.2, 0.25) is 0 Å². The van der Waals surface area contributed by atoms with Crippen LogP contribution in [0.15, 0.2) is 0 Å². The molecule has 2 amide bonds. The molecule has 0 bridgehead atoms. The topological polar surface area (TPSA) is 125 Å². The second kappa shape index (κ2) is 7.29. The number of hydrogen-bond donors (Lipinski definition) is 4. The quantitative estimate of drug-likeness (QED) is 0.479. The van der Waals surface area contributed by atoms with E-state index in [-0.39, 0.29) is 25.1 Å². The molecule has 4 N–H and O–H groups in total. The van der Waals surface area contributed by atoms with Gasteiger partial charge in [-0.1, -0.05) is 0 Å². The molecule has 19 heavy (non-hydrogen) atoms. The normalized spacial score (nSPS) is 11.9. The number of hydrogen-bond acceptors (Lipinski definition) is 4. The maximum absolute atomic E-state index is 11.5. The molecule has 112 valence electrons. The standard InChI is InChI=1S/C10H21N3O5S/c1-10(2,5-4-8(14)15)13-9(16)12-6-7-19(17,18)11-3/h11H,4-7H2,1-3H3,(H,14,15)(H2,12,13,16). The first-order valence-electron chi connectivity index (χ1n) is 5.77. The van der Waals surface area contributed by atoms with Crippen LogP contribution in [0, 0.1) is 0 Å². The van der Waals surface area contributed by atoms with Crippen molar-refractivity contribution < 1.29 is 23.1 Å². The van der Waals surface area contributed by atoms with E-state index < -0.39 is 27.6 Å². The molecule has 9 heteroatoms. The SMILES string of the molecule is CNS(=O)(=O)CCNC(=O)NC(C)(C)CCC(=O)O. The smallest absolute Gasteiger partial charge is 0.315 e. The van der Waals surface area contributed by atoms with Gasteiger partial charge < -0.3 is 15.7 Å². The molecular formula is C10H21N3O5S. The third-order valence-corrected chi connectivity index (χ3v) is 3.75. The van der Waals surface area contributed by atoms with Gasteiger partial charge >= 0.3 is 12.0 Å². The summed E-state index contributed by atoms with van der Waals surface area (Å²) in [5.41, 5.74) is -0.676. The monoisotopic (exact) mass is 295 g/mol. The molecule has 0 aliphatic rings. The molecule has 0 aliphatic carbocycles. The van der Waals surface area contributed by atoms with Crippen molar-refractivity contribution in [2.75, 3.05) is 19.3 Å². The maximum Gasteiger partial charge on any atom is 0.315 e. The lowest BCUT2D eigenvalue weighted by molar-refractivity contribution is -0.137. The Hall–Kier alpha value is -1.35. The van der Waals surface area contributed by atoms with Gasteiger partial charge in [0.25, 0.3) is 0 Å². The van der Waals surface area contributed by atoms with Crippen molar-refractivity contribution in [3.05, 3.63) is 0 Å². The number of aliphatic carboxylic acids is 1. The second-order valence-electron chi connectivity index (χ2n) is 4.68. The van der Waals surface area contributed by atoms with Crippen LogP contribution in [-0.4, -0.2) is 50.4 Å². The number of carboxylic acids is 1. The highest BCUT2D eigenvalue weighted by molar-refractivity contribution is 7.89. The summed E-state index contributed by atoms with van der Waals surface area (Å²) < 4.78 is 24.3. The Bertz CT molecular complexity index is 419. The Labute approximate surface area is 113 Å². The van der Waals surface area contributed by atoms with Gasteiger partial charge in [-0.2, -0.15) is 0 Å². The van der Waals surface area contributed by atoms with Crippen LogP contribution < -0.4 is 15.4 Å². The van der Waals surface area contributed by atoms with Gasteiger partial charge in [-0.3, -0.25) is 4.79 Å². The largest absolute Gasteiger partial charge is 0.481 e. The molecule has 0 heterocycles. The van der Waals surface area contributed by atoms with Crippen LogP contribution in [-0.2, 0) is 14.8 Å². The van der Waals surface area contributed by atoms with E-state index >= 15 is 0 Å². The molecule has 0 saturated carbocycles. The van der Waals surface area contributed by atoms with E-state index in [0.29, 0.717) is 0 Å². The molecule has 8 nitrogen and oxygen atoms in total. The van der Waals surface area contributed by atoms with Crippen LogP contribution >= 0.6 is 0 Å². The Morgan fingerprint density at radius 2 is 1.84 bits per heavy atom. The number of carbonyl (C=O) groups is 2. The van der Waals surface area contributed by atoms with Gasteiger partial charge in [0.15, 0.2) is 0 Å². The van der Waals surface area contributed by atoms with Gasteiger partial charge in [0.1, 0.15) is 0 Å². The average Bonchev–Trinajstić information content (AvgIpc) is 2.25. The first-order chi connectivity index (χ1) is 8.58. The summed E-state index contributed by atoms with van der Waals surface area (Å²) >= 11 is 0. The number of carbonyl (C=O) groups excluding carboxylic acids is 1. The van der Waals surface area contributed by atoms with Crippen molar-refractivity contribution in [3.8, 4) is 0 Å². The number of sulfonamides is 1. The molecule has 0 spiro atoms. The van der Waals surface area contributed by atoms with E-state index in [4.69, 9.17) is 5.11 Å². The summed E-state index contributed by atoms with van der Waals surface area (Å²) in [6.45, 7) is 3.36. The van der Waals surface area contributed by atoms with E-state index in [1.54, 1.807) is 13.8 Å². The van der Waals surface area contributed by atoms with E-state index in [1.807, 2.05) is 0 Å². The first kappa shape index (κ1) is 17.6. The second-order valence-corrected chi connectivity index (χ2v) is 6.73. The van der Waals surface area contributed by atoms with Crippen molar-refractivity contribution in [1.29, 1.82) is 0 Å². The van der Waals surface area contributed by atoms with Crippen LogP contribution in [0.4, 0.5) is 4.79 Å². The van der Waals surface area contributed by atoms with Gasteiger partial charge in [-0.15, -0.1) is 0 Å². The fourth-order valence-corrected chi connectivity index (χ4v) is 1.81. The van der Waals surface area contributed by atoms with Crippen LogP contribution in [0.3, 0.4) is 0 Å². The lowest BCUT2D eigenvalue weighted by atomic mass is 9.99. The number of urea groups is 1. The molecule has 0 saturated heterocycles. The van der Waals surface area contributed by atoms with Gasteiger partial charge in [0, 0.05) is 18.5 Å². The number of carboxylic acid groups (broad SMARTS) is 1. The lowest BCUT2D eigenvalue weighted by Crippen LogP contribution is -2.49. The van der Waals surface area contributed by atoms with Crippen molar-refractivity contribution in [3.63, 3.8) is 0 Å². The Balaban J connectivity index is 4.06. The summed E-state index contributed by atoms with van der Waals surface area (Å²) in [5, 5.41) is 13.6. The van der Waals surface area contributed by atoms with Crippen LogP contribution in [0.25, 0.3) is 0 Å². The maximum atomic E-state index is 11.5. The molecule has 0 aromatic heterocycles. The molecule has 0 aromatic carbocycles. The molecule has 0 fully saturated rings. The average molecular weight is 295 g/mol. The van der Waals surface area contributed by atoms with Gasteiger partial charge in [-0.05, 0) is 27.3 Å². The highest BCUT2D eigenvalue weighted by Gasteiger charge is 2.21. The fraction of sp³-hybridized carbons (Fsp3) is 0.800. The summed E-state index contributed by atoms with van der Waals surface area (Å²) in [6.07, 6.45) is 0.228. The third-order valence-electron chi connectivity index (χ3n) is 2.38. The minimum Gasteiger partial charge on any atom is -0.481 e. The zero-order valence-corrected chi connectivity index (χ0v) is 12.1. The summed E-state index contributed by atoms with van der Waals surface area (Å²) in [6, 6.07) is -0.526. The predicted molar refractivity (Wildman–Crippen MR) is 70.3 cm³/mol. The van der Waals surface area contributed by atoms with E-state index in [2.05, 4.69) is 15.4 Å². The van der Waals surface area contributed by atoms with Crippen LogP contribution in [0.5, 0.6) is 0 Å². The summed E-state index contributed by atoms with van der Waals surface area (Å²) in [7, 11) is -2.05. The molecule has 0 radical (unpaired) electrons. The predicted octanol–water partition coefficient (Wildman–Crippen LogP) is -0.522. The van der Waals surface area contributed by atoms with Gasteiger partial charge in [0.2, 0.25) is 10.0 Å². The molecule has 0 unspecified atom stereocenters. The Morgan fingerprint density at radius 1 is 1.26 bits per heavy atom. The minimum atomic E-state index is -3.35. The Kier molecular flexibility index (Phi) is 6.77. The van der Waals surface area contributed by atoms with E-state index in [0.717, 1.165) is 0 Å². The van der Waals surface area contributed by atoms with Crippen molar-refractivity contribution in [2.24, 2.45) is 0 Å². The number of amides is 2. The fourth-order valence-electron chi connectivity index (χ4n) is 1.23. The molecule has 0 aliphatic heterocycles. The van der Waals surface area contributed by atoms with E-state index in [1.165, 1.54) is 7.05 Å². The summed E-state index contributed by atoms with van der Waals surface area (Å²) in [4.78, 5) is 21.9. The van der Waals surface area contributed by atoms with Gasteiger partial charge in [0.05, 0.1) is 5.75 Å². The number of nitrogens with one attached hydrogen (secondary N) is 3. The highest BCUT2D eigenvalue weighted by Crippen LogP contribution is 2.10. The number of rotatable bonds is 8. The van der Waals surface area contributed by atoms with E-state index in [9.17, 15) is 18.0 Å². The van der Waals surface area contributed by atoms with Crippen LogP contribution in [0.1, 0.15) is 26.7 Å². The van der Waals surface area contributed by atoms with Crippen molar-refractivity contribution in [1.82, 2.24) is 15.4 Å². The third kappa shape index (κ3) is 9.25. The summed E-state index contributed by atoms with van der Waals surface area (Å²) in [5.74, 6) is -1.15. The first-order valence-corrected chi connectivity index (χ1v) is 7.42. The highest BCUT2D eigenvalue weighted by atomic mass is 32.2. The molecule has 0 aromatic rings. The molecule has 0 rings (SSSR count). The molecule has 0 atom stereocenters. The minimum absolute atomic E-state index is 0.0238. The lowest BCUT2D eigenvalue weighted by Gasteiger charge is -2.25. The van der Waals surface area contributed by atoms with Gasteiger partial charge in [-0.25, -0.2) is 17.9 Å². The zero-order valence-electron chi connectivity index (χ0n) is 11.3. The Morgan fingerprint density at radius 3 is 2.32 bits per heavy atom. The molecular weight excluding hydrogens is 274 g/mol.